The van der Waals surface area contributed by atoms with Crippen LogP contribution in [0.2, 0.25) is 0 Å². The van der Waals surface area contributed by atoms with E-state index in [4.69, 9.17) is 0 Å². The molecular weight excluding hydrogens is 382 g/mol. The van der Waals surface area contributed by atoms with Crippen LogP contribution in [0.3, 0.4) is 0 Å². The molecule has 0 aromatic carbocycles. The van der Waals surface area contributed by atoms with Gasteiger partial charge in [0, 0.05) is 37.8 Å². The molecule has 8 nitrogen and oxygen atoms in total. The fourth-order valence-corrected chi connectivity index (χ4v) is 3.70. The molecule has 1 aliphatic heterocycles. The van der Waals surface area contributed by atoms with Crippen LogP contribution in [0.4, 0.5) is 0 Å². The largest absolute Gasteiger partial charge is 0.337 e. The van der Waals surface area contributed by atoms with Gasteiger partial charge in [0.25, 0.3) is 11.5 Å². The molecule has 0 bridgehead atoms. The van der Waals surface area contributed by atoms with Gasteiger partial charge in [0.1, 0.15) is 0 Å². The normalized spacial score (nSPS) is 17.2. The summed E-state index contributed by atoms with van der Waals surface area (Å²) in [5.41, 5.74) is 0.524. The Balaban J connectivity index is 0.00000225. The minimum atomic E-state index is -0.534. The van der Waals surface area contributed by atoms with E-state index in [1.165, 1.54) is 4.57 Å². The third-order valence-electron chi connectivity index (χ3n) is 5.27. The van der Waals surface area contributed by atoms with Crippen molar-refractivity contribution in [1.29, 1.82) is 0 Å². The number of fused-ring (bicyclic) bond motifs is 1. The van der Waals surface area contributed by atoms with E-state index >= 15 is 0 Å². The average Bonchev–Trinajstić information content (AvgIpc) is 3.50. The molecule has 1 amide bonds. The Hall–Kier alpha value is -2.19. The van der Waals surface area contributed by atoms with Crippen molar-refractivity contribution in [3.05, 3.63) is 38.2 Å². The Morgan fingerprint density at radius 2 is 2.04 bits per heavy atom. The minimum absolute atomic E-state index is 0. The van der Waals surface area contributed by atoms with Crippen LogP contribution in [-0.4, -0.2) is 51.5 Å². The van der Waals surface area contributed by atoms with Gasteiger partial charge in [-0.15, -0.1) is 12.4 Å². The first-order valence-corrected chi connectivity index (χ1v) is 9.78. The van der Waals surface area contributed by atoms with Crippen LogP contribution in [0.15, 0.2) is 15.7 Å². The molecule has 0 unspecified atom stereocenters. The quantitative estimate of drug-likeness (QED) is 0.794. The molecule has 2 aromatic rings. The van der Waals surface area contributed by atoms with E-state index in [0.717, 1.165) is 44.5 Å². The fraction of sp³-hybridized carbons (Fsp3) is 0.579. The number of nitrogens with one attached hydrogen (secondary N) is 2. The third kappa shape index (κ3) is 3.84. The number of halogens is 1. The van der Waals surface area contributed by atoms with E-state index in [-0.39, 0.29) is 23.7 Å². The first-order valence-electron chi connectivity index (χ1n) is 9.78. The molecule has 4 rings (SSSR count). The summed E-state index contributed by atoms with van der Waals surface area (Å²) in [5.74, 6) is 0.163. The van der Waals surface area contributed by atoms with Crippen molar-refractivity contribution >= 4 is 29.3 Å². The van der Waals surface area contributed by atoms with Crippen LogP contribution in [-0.2, 0) is 6.54 Å². The summed E-state index contributed by atoms with van der Waals surface area (Å²) in [6.45, 7) is 5.29. The van der Waals surface area contributed by atoms with Crippen molar-refractivity contribution in [1.82, 2.24) is 24.8 Å². The Morgan fingerprint density at radius 3 is 2.75 bits per heavy atom. The molecule has 1 saturated carbocycles. The number of pyridine rings is 1. The van der Waals surface area contributed by atoms with Crippen LogP contribution < -0.4 is 16.6 Å². The SMILES string of the molecule is CCCn1c(=O)[nH]c(=O)c2c(C(=O)N3CCCNCC3)cc(C3CC3)nc21.Cl. The number of amides is 1. The minimum Gasteiger partial charge on any atom is -0.337 e. The fourth-order valence-electron chi connectivity index (χ4n) is 3.70. The van der Waals surface area contributed by atoms with Crippen molar-refractivity contribution in [2.45, 2.75) is 45.1 Å². The summed E-state index contributed by atoms with van der Waals surface area (Å²) in [5, 5.41) is 3.52. The first-order chi connectivity index (χ1) is 13.1. The molecule has 2 aromatic heterocycles. The molecule has 1 aliphatic carbocycles. The van der Waals surface area contributed by atoms with Crippen LogP contribution in [0.25, 0.3) is 11.0 Å². The number of aromatic nitrogens is 3. The van der Waals surface area contributed by atoms with E-state index in [0.29, 0.717) is 36.8 Å². The predicted octanol–water partition coefficient (Wildman–Crippen LogP) is 1.23. The Kier molecular flexibility index (Phi) is 6.20. The highest BCUT2D eigenvalue weighted by Crippen LogP contribution is 2.40. The summed E-state index contributed by atoms with van der Waals surface area (Å²) in [7, 11) is 0. The predicted molar refractivity (Wildman–Crippen MR) is 110 cm³/mol. The second-order valence-electron chi connectivity index (χ2n) is 7.37. The number of hydrogen-bond acceptors (Lipinski definition) is 5. The summed E-state index contributed by atoms with van der Waals surface area (Å²) in [6.07, 6.45) is 3.67. The highest BCUT2D eigenvalue weighted by Gasteiger charge is 2.30. The van der Waals surface area contributed by atoms with E-state index in [1.54, 1.807) is 11.0 Å². The molecule has 0 radical (unpaired) electrons. The van der Waals surface area contributed by atoms with Crippen molar-refractivity contribution in [2.24, 2.45) is 0 Å². The Labute approximate surface area is 168 Å². The lowest BCUT2D eigenvalue weighted by atomic mass is 10.1. The van der Waals surface area contributed by atoms with Gasteiger partial charge in [0.15, 0.2) is 5.65 Å². The summed E-state index contributed by atoms with van der Waals surface area (Å²) in [6, 6.07) is 1.77. The smallest absolute Gasteiger partial charge is 0.329 e. The molecule has 2 aliphatic rings. The highest BCUT2D eigenvalue weighted by atomic mass is 35.5. The number of carbonyl (C=O) groups is 1. The van der Waals surface area contributed by atoms with Crippen LogP contribution >= 0.6 is 12.4 Å². The summed E-state index contributed by atoms with van der Waals surface area (Å²) >= 11 is 0. The number of nitrogens with zero attached hydrogens (tertiary/aromatic N) is 3. The highest BCUT2D eigenvalue weighted by molar-refractivity contribution is 6.05. The van der Waals surface area contributed by atoms with Gasteiger partial charge in [-0.3, -0.25) is 19.1 Å². The Morgan fingerprint density at radius 1 is 1.25 bits per heavy atom. The number of H-pyrrole nitrogens is 1. The van der Waals surface area contributed by atoms with Crippen LogP contribution in [0.5, 0.6) is 0 Å². The lowest BCUT2D eigenvalue weighted by Gasteiger charge is -2.21. The summed E-state index contributed by atoms with van der Waals surface area (Å²) < 4.78 is 1.49. The molecule has 9 heteroatoms. The Bertz CT molecular complexity index is 987. The van der Waals surface area contributed by atoms with Gasteiger partial charge < -0.3 is 10.2 Å². The van der Waals surface area contributed by atoms with E-state index in [9.17, 15) is 14.4 Å². The molecule has 2 N–H and O–H groups in total. The standard InChI is InChI=1S/C19H25N5O3.ClH/c1-2-8-24-16-15(17(25)22-19(24)27)13(11-14(21-16)12-4-5-12)18(26)23-9-3-6-20-7-10-23;/h11-12,20H,2-10H2,1H3,(H,22,25,27);1H. The number of hydrogen-bond donors (Lipinski definition) is 2. The average molecular weight is 408 g/mol. The maximum Gasteiger partial charge on any atom is 0.329 e. The second kappa shape index (κ2) is 8.45. The third-order valence-corrected chi connectivity index (χ3v) is 5.27. The number of carbonyl (C=O) groups excluding carboxylic acids is 1. The van der Waals surface area contributed by atoms with Crippen molar-refractivity contribution < 1.29 is 4.79 Å². The van der Waals surface area contributed by atoms with Gasteiger partial charge >= 0.3 is 5.69 Å². The second-order valence-corrected chi connectivity index (χ2v) is 7.37. The van der Waals surface area contributed by atoms with Crippen molar-refractivity contribution in [3.63, 3.8) is 0 Å². The molecule has 1 saturated heterocycles. The molecule has 28 heavy (non-hydrogen) atoms. The van der Waals surface area contributed by atoms with Crippen LogP contribution in [0, 0.1) is 0 Å². The number of aryl methyl sites for hydroxylation is 1. The zero-order chi connectivity index (χ0) is 19.0. The van der Waals surface area contributed by atoms with Crippen LogP contribution in [0.1, 0.15) is 54.6 Å². The molecule has 3 heterocycles. The zero-order valence-electron chi connectivity index (χ0n) is 16.0. The lowest BCUT2D eigenvalue weighted by Crippen LogP contribution is -2.37. The first kappa shape index (κ1) is 20.5. The molecule has 0 spiro atoms. The number of rotatable bonds is 4. The number of aromatic amines is 1. The van der Waals surface area contributed by atoms with Gasteiger partial charge in [-0.05, 0) is 38.3 Å². The van der Waals surface area contributed by atoms with Crippen molar-refractivity contribution in [3.8, 4) is 0 Å². The van der Waals surface area contributed by atoms with Crippen molar-refractivity contribution in [2.75, 3.05) is 26.2 Å². The monoisotopic (exact) mass is 407 g/mol. The molecule has 0 atom stereocenters. The van der Waals surface area contributed by atoms with Gasteiger partial charge in [0.05, 0.1) is 10.9 Å². The summed E-state index contributed by atoms with van der Waals surface area (Å²) in [4.78, 5) is 47.1. The maximum absolute atomic E-state index is 13.3. The van der Waals surface area contributed by atoms with E-state index < -0.39 is 11.2 Å². The van der Waals surface area contributed by atoms with Gasteiger partial charge in [-0.25, -0.2) is 9.78 Å². The maximum atomic E-state index is 13.3. The van der Waals surface area contributed by atoms with Gasteiger partial charge in [-0.2, -0.15) is 0 Å². The molecule has 2 fully saturated rings. The van der Waals surface area contributed by atoms with E-state index in [1.807, 2.05) is 6.92 Å². The topological polar surface area (TPSA) is 100 Å². The van der Waals surface area contributed by atoms with Gasteiger partial charge in [-0.1, -0.05) is 6.92 Å². The van der Waals surface area contributed by atoms with E-state index in [2.05, 4.69) is 15.3 Å². The zero-order valence-corrected chi connectivity index (χ0v) is 16.8. The lowest BCUT2D eigenvalue weighted by molar-refractivity contribution is 0.0768. The van der Waals surface area contributed by atoms with Gasteiger partial charge in [0.2, 0.25) is 0 Å². The molecular formula is C19H26ClN5O3. The molecule has 152 valence electrons.